The lowest BCUT2D eigenvalue weighted by atomic mass is 10.1. The van der Waals surface area contributed by atoms with E-state index >= 15 is 0 Å². The normalized spacial score (nSPS) is 16.9. The first kappa shape index (κ1) is 13.4. The van der Waals surface area contributed by atoms with Gasteiger partial charge in [-0.05, 0) is 56.7 Å². The van der Waals surface area contributed by atoms with Gasteiger partial charge in [0.2, 0.25) is 0 Å². The van der Waals surface area contributed by atoms with Crippen LogP contribution in [0.15, 0.2) is 24.3 Å². The Labute approximate surface area is 111 Å². The van der Waals surface area contributed by atoms with Crippen LogP contribution >= 0.6 is 0 Å². The topological polar surface area (TPSA) is 23.5 Å². The van der Waals surface area contributed by atoms with Crippen molar-refractivity contribution in [2.75, 3.05) is 11.4 Å². The predicted molar refractivity (Wildman–Crippen MR) is 76.9 cm³/mol. The maximum Gasteiger partial charge on any atom is 0.0787 e. The summed E-state index contributed by atoms with van der Waals surface area (Å²) in [5.41, 5.74) is 2.31. The monoisotopic (exact) mass is 247 g/mol. The van der Waals surface area contributed by atoms with Crippen LogP contribution in [0.3, 0.4) is 0 Å². The molecule has 1 aromatic rings. The molecule has 100 valence electrons. The summed E-state index contributed by atoms with van der Waals surface area (Å²) < 4.78 is 0. The van der Waals surface area contributed by atoms with E-state index in [2.05, 4.69) is 43.0 Å². The van der Waals surface area contributed by atoms with E-state index in [1.807, 2.05) is 6.92 Å². The van der Waals surface area contributed by atoms with Crippen molar-refractivity contribution in [3.05, 3.63) is 29.8 Å². The molecule has 1 aliphatic rings. The van der Waals surface area contributed by atoms with Crippen LogP contribution in [0.1, 0.15) is 51.7 Å². The fraction of sp³-hybridized carbons (Fsp3) is 0.625. The highest BCUT2D eigenvalue weighted by atomic mass is 16.3. The molecule has 0 spiro atoms. The first-order chi connectivity index (χ1) is 8.61. The van der Waals surface area contributed by atoms with Gasteiger partial charge >= 0.3 is 0 Å². The van der Waals surface area contributed by atoms with Crippen LogP contribution in [0.4, 0.5) is 5.69 Å². The minimum atomic E-state index is -0.324. The molecule has 0 aromatic heterocycles. The molecule has 2 nitrogen and oxygen atoms in total. The molecule has 0 aliphatic heterocycles. The highest BCUT2D eigenvalue weighted by molar-refractivity contribution is 5.49. The molecule has 0 amide bonds. The molecule has 0 bridgehead atoms. The van der Waals surface area contributed by atoms with Gasteiger partial charge in [-0.1, -0.05) is 19.1 Å². The van der Waals surface area contributed by atoms with Crippen LogP contribution < -0.4 is 4.90 Å². The van der Waals surface area contributed by atoms with Gasteiger partial charge in [-0.2, -0.15) is 0 Å². The Morgan fingerprint density at radius 1 is 1.22 bits per heavy atom. The number of benzene rings is 1. The molecule has 1 fully saturated rings. The van der Waals surface area contributed by atoms with Crippen molar-refractivity contribution in [2.45, 2.75) is 52.2 Å². The summed E-state index contributed by atoms with van der Waals surface area (Å²) >= 11 is 0. The van der Waals surface area contributed by atoms with Gasteiger partial charge in [0.05, 0.1) is 6.10 Å². The van der Waals surface area contributed by atoms with Crippen LogP contribution in [0.25, 0.3) is 0 Å². The molecule has 1 aliphatic carbocycles. The number of nitrogens with zero attached hydrogens (tertiary/aromatic N) is 1. The number of aliphatic hydroxyl groups is 1. The van der Waals surface area contributed by atoms with Crippen molar-refractivity contribution in [1.29, 1.82) is 0 Å². The van der Waals surface area contributed by atoms with E-state index in [-0.39, 0.29) is 6.10 Å². The molecule has 2 heteroatoms. The molecule has 0 heterocycles. The first-order valence-electron chi connectivity index (χ1n) is 7.16. The Hall–Kier alpha value is -1.02. The minimum Gasteiger partial charge on any atom is -0.388 e. The lowest BCUT2D eigenvalue weighted by Gasteiger charge is -2.29. The molecule has 1 atom stereocenters. The first-order valence-corrected chi connectivity index (χ1v) is 7.16. The van der Waals surface area contributed by atoms with Crippen LogP contribution in [-0.2, 0) is 0 Å². The zero-order valence-corrected chi connectivity index (χ0v) is 11.8. The fourth-order valence-corrected chi connectivity index (χ4v) is 2.32. The Kier molecular flexibility index (Phi) is 4.28. The molecule has 1 aromatic carbocycles. The Bertz CT molecular complexity index is 367. The predicted octanol–water partition coefficient (Wildman–Crippen LogP) is 3.75. The third-order valence-electron chi connectivity index (χ3n) is 3.77. The SMILES string of the molecule is CC[C@H](O)c1ccc(N(CC2CC2)C(C)C)cc1. The van der Waals surface area contributed by atoms with E-state index in [0.29, 0.717) is 6.04 Å². The second kappa shape index (κ2) is 5.75. The maximum atomic E-state index is 9.81. The quantitative estimate of drug-likeness (QED) is 0.827. The number of anilines is 1. The van der Waals surface area contributed by atoms with Crippen molar-refractivity contribution < 1.29 is 5.11 Å². The van der Waals surface area contributed by atoms with E-state index in [1.54, 1.807) is 0 Å². The molecule has 18 heavy (non-hydrogen) atoms. The lowest BCUT2D eigenvalue weighted by Crippen LogP contribution is -2.32. The van der Waals surface area contributed by atoms with E-state index in [1.165, 1.54) is 25.1 Å². The van der Waals surface area contributed by atoms with Crippen molar-refractivity contribution >= 4 is 5.69 Å². The van der Waals surface area contributed by atoms with E-state index in [0.717, 1.165) is 17.9 Å². The maximum absolute atomic E-state index is 9.81. The molecule has 1 N–H and O–H groups in total. The minimum absolute atomic E-state index is 0.324. The number of hydrogen-bond acceptors (Lipinski definition) is 2. The summed E-state index contributed by atoms with van der Waals surface area (Å²) in [4.78, 5) is 2.47. The molecule has 0 radical (unpaired) electrons. The van der Waals surface area contributed by atoms with Crippen molar-refractivity contribution in [3.63, 3.8) is 0 Å². The summed E-state index contributed by atoms with van der Waals surface area (Å²) in [6.07, 6.45) is 3.22. The molecule has 0 unspecified atom stereocenters. The number of hydrogen-bond donors (Lipinski definition) is 1. The van der Waals surface area contributed by atoms with Crippen LogP contribution in [0.5, 0.6) is 0 Å². The average molecular weight is 247 g/mol. The molecular formula is C16H25NO. The zero-order chi connectivity index (χ0) is 13.1. The molecule has 0 saturated heterocycles. The van der Waals surface area contributed by atoms with E-state index in [9.17, 15) is 5.11 Å². The van der Waals surface area contributed by atoms with Crippen LogP contribution in [-0.4, -0.2) is 17.7 Å². The fourth-order valence-electron chi connectivity index (χ4n) is 2.32. The van der Waals surface area contributed by atoms with E-state index < -0.39 is 0 Å². The Balaban J connectivity index is 2.09. The number of rotatable bonds is 6. The highest BCUT2D eigenvalue weighted by Gasteiger charge is 2.25. The lowest BCUT2D eigenvalue weighted by molar-refractivity contribution is 0.173. The largest absolute Gasteiger partial charge is 0.388 e. The summed E-state index contributed by atoms with van der Waals surface area (Å²) in [5, 5.41) is 9.81. The Morgan fingerprint density at radius 2 is 1.83 bits per heavy atom. The zero-order valence-electron chi connectivity index (χ0n) is 11.8. The van der Waals surface area contributed by atoms with E-state index in [4.69, 9.17) is 0 Å². The highest BCUT2D eigenvalue weighted by Crippen LogP contribution is 2.32. The van der Waals surface area contributed by atoms with Gasteiger partial charge < -0.3 is 10.0 Å². The molecular weight excluding hydrogens is 222 g/mol. The molecule has 1 saturated carbocycles. The second-order valence-electron chi connectivity index (χ2n) is 5.71. The van der Waals surface area contributed by atoms with Gasteiger partial charge in [-0.3, -0.25) is 0 Å². The van der Waals surface area contributed by atoms with Crippen molar-refractivity contribution in [1.82, 2.24) is 0 Å². The van der Waals surface area contributed by atoms with Crippen LogP contribution in [0.2, 0.25) is 0 Å². The standard InChI is InChI=1S/C16H25NO/c1-4-16(18)14-7-9-15(10-8-14)17(12(2)3)11-13-5-6-13/h7-10,12-13,16,18H,4-6,11H2,1-3H3/t16-/m0/s1. The van der Waals surface area contributed by atoms with Gasteiger partial charge in [-0.15, -0.1) is 0 Å². The molecule has 2 rings (SSSR count). The Morgan fingerprint density at radius 3 is 2.28 bits per heavy atom. The van der Waals surface area contributed by atoms with Crippen LogP contribution in [0, 0.1) is 5.92 Å². The van der Waals surface area contributed by atoms with Crippen molar-refractivity contribution in [3.8, 4) is 0 Å². The second-order valence-corrected chi connectivity index (χ2v) is 5.71. The average Bonchev–Trinajstić information content (AvgIpc) is 3.19. The summed E-state index contributed by atoms with van der Waals surface area (Å²) in [6.45, 7) is 7.67. The summed E-state index contributed by atoms with van der Waals surface area (Å²) in [5.74, 6) is 0.897. The summed E-state index contributed by atoms with van der Waals surface area (Å²) in [7, 11) is 0. The van der Waals surface area contributed by atoms with Gasteiger partial charge in [0.25, 0.3) is 0 Å². The van der Waals surface area contributed by atoms with Gasteiger partial charge in [-0.25, -0.2) is 0 Å². The third-order valence-corrected chi connectivity index (χ3v) is 3.77. The summed E-state index contributed by atoms with van der Waals surface area (Å²) in [6, 6.07) is 8.96. The number of aliphatic hydroxyl groups excluding tert-OH is 1. The van der Waals surface area contributed by atoms with Gasteiger partial charge in [0.1, 0.15) is 0 Å². The van der Waals surface area contributed by atoms with Gasteiger partial charge in [0, 0.05) is 18.3 Å². The van der Waals surface area contributed by atoms with Crippen molar-refractivity contribution in [2.24, 2.45) is 5.92 Å². The smallest absolute Gasteiger partial charge is 0.0787 e. The van der Waals surface area contributed by atoms with Gasteiger partial charge in [0.15, 0.2) is 0 Å². The third kappa shape index (κ3) is 3.26.